The van der Waals surface area contributed by atoms with Crippen LogP contribution in [0.5, 0.6) is 5.75 Å². The largest absolute Gasteiger partial charge is 0.487 e. The van der Waals surface area contributed by atoms with Crippen molar-refractivity contribution < 1.29 is 14.6 Å². The van der Waals surface area contributed by atoms with Crippen molar-refractivity contribution in [2.45, 2.75) is 20.5 Å². The van der Waals surface area contributed by atoms with Crippen LogP contribution in [0.1, 0.15) is 23.7 Å². The smallest absolute Gasteiger partial charge is 0.328 e. The molecule has 0 spiro atoms. The third-order valence-corrected chi connectivity index (χ3v) is 4.93. The van der Waals surface area contributed by atoms with E-state index in [9.17, 15) is 4.79 Å². The van der Waals surface area contributed by atoms with Gasteiger partial charge in [0.2, 0.25) is 0 Å². The van der Waals surface area contributed by atoms with E-state index in [1.54, 1.807) is 19.1 Å². The molecule has 0 atom stereocenters. The summed E-state index contributed by atoms with van der Waals surface area (Å²) < 4.78 is 5.97. The lowest BCUT2D eigenvalue weighted by atomic mass is 10.0. The van der Waals surface area contributed by atoms with E-state index in [1.807, 2.05) is 37.3 Å². The highest BCUT2D eigenvalue weighted by molar-refractivity contribution is 6.37. The van der Waals surface area contributed by atoms with Crippen LogP contribution in [0, 0.1) is 6.92 Å². The second-order valence-corrected chi connectivity index (χ2v) is 6.91. The molecule has 3 aromatic rings. The zero-order chi connectivity index (χ0) is 19.6. The van der Waals surface area contributed by atoms with Gasteiger partial charge < -0.3 is 9.84 Å². The number of nitrogens with zero attached hydrogens (tertiary/aromatic N) is 1. The molecule has 2 aromatic carbocycles. The zero-order valence-electron chi connectivity index (χ0n) is 14.8. The Morgan fingerprint density at radius 1 is 1.19 bits per heavy atom. The molecule has 1 heterocycles. The van der Waals surface area contributed by atoms with Gasteiger partial charge in [0.15, 0.2) is 0 Å². The summed E-state index contributed by atoms with van der Waals surface area (Å²) in [6, 6.07) is 13.0. The topological polar surface area (TPSA) is 59.4 Å². The second kappa shape index (κ2) is 7.99. The van der Waals surface area contributed by atoms with Gasteiger partial charge in [0.05, 0.1) is 5.02 Å². The fourth-order valence-corrected chi connectivity index (χ4v) is 3.41. The highest BCUT2D eigenvalue weighted by Crippen LogP contribution is 2.34. The van der Waals surface area contributed by atoms with Crippen molar-refractivity contribution in [3.63, 3.8) is 0 Å². The third-order valence-electron chi connectivity index (χ3n) is 4.15. The van der Waals surface area contributed by atoms with E-state index in [4.69, 9.17) is 33.0 Å². The van der Waals surface area contributed by atoms with Crippen LogP contribution in [0.25, 0.3) is 16.5 Å². The van der Waals surface area contributed by atoms with E-state index in [0.717, 1.165) is 22.7 Å². The van der Waals surface area contributed by atoms with Crippen molar-refractivity contribution in [2.24, 2.45) is 0 Å². The van der Waals surface area contributed by atoms with Gasteiger partial charge in [-0.15, -0.1) is 0 Å². The summed E-state index contributed by atoms with van der Waals surface area (Å²) >= 11 is 12.8. The van der Waals surface area contributed by atoms with Crippen LogP contribution in [0.2, 0.25) is 10.0 Å². The Bertz CT molecular complexity index is 1060. The molecule has 27 heavy (non-hydrogen) atoms. The first-order valence-electron chi connectivity index (χ1n) is 8.24. The minimum atomic E-state index is -1.03. The normalized spacial score (nSPS) is 11.6. The van der Waals surface area contributed by atoms with Gasteiger partial charge in [-0.05, 0) is 43.2 Å². The average Bonchev–Trinajstić information content (AvgIpc) is 2.61. The second-order valence-electron chi connectivity index (χ2n) is 6.12. The van der Waals surface area contributed by atoms with Crippen LogP contribution in [0.3, 0.4) is 0 Å². The summed E-state index contributed by atoms with van der Waals surface area (Å²) in [6.45, 7) is 3.75. The molecule has 0 bridgehead atoms. The Balaban J connectivity index is 1.95. The van der Waals surface area contributed by atoms with Gasteiger partial charge in [0.1, 0.15) is 17.9 Å². The molecule has 0 fully saturated rings. The summed E-state index contributed by atoms with van der Waals surface area (Å²) in [7, 11) is 0. The number of fused-ring (bicyclic) bond motifs is 1. The number of allylic oxidation sites excluding steroid dienone is 1. The number of aliphatic carboxylic acids is 1. The van der Waals surface area contributed by atoms with Crippen molar-refractivity contribution in [1.29, 1.82) is 0 Å². The predicted octanol–water partition coefficient (Wildman–Crippen LogP) is 5.92. The number of carboxylic acids is 1. The Morgan fingerprint density at radius 3 is 2.70 bits per heavy atom. The molecular formula is C21H17Cl2NO3. The van der Waals surface area contributed by atoms with Gasteiger partial charge in [-0.3, -0.25) is 0 Å². The van der Waals surface area contributed by atoms with Gasteiger partial charge >= 0.3 is 5.97 Å². The number of halogens is 2. The molecule has 0 aliphatic rings. The molecule has 1 N–H and O–H groups in total. The van der Waals surface area contributed by atoms with Crippen LogP contribution in [0.15, 0.2) is 48.5 Å². The highest BCUT2D eigenvalue weighted by atomic mass is 35.5. The molecule has 0 saturated heterocycles. The average molecular weight is 402 g/mol. The van der Waals surface area contributed by atoms with Crippen molar-refractivity contribution in [3.8, 4) is 5.75 Å². The van der Waals surface area contributed by atoms with Crippen LogP contribution >= 0.6 is 23.2 Å². The van der Waals surface area contributed by atoms with Crippen LogP contribution < -0.4 is 4.74 Å². The first-order chi connectivity index (χ1) is 12.9. The van der Waals surface area contributed by atoms with E-state index in [-0.39, 0.29) is 6.61 Å². The van der Waals surface area contributed by atoms with Crippen molar-refractivity contribution in [3.05, 3.63) is 75.4 Å². The molecule has 3 rings (SSSR count). The summed E-state index contributed by atoms with van der Waals surface area (Å²) in [5.41, 5.74) is 3.40. The maximum Gasteiger partial charge on any atom is 0.328 e. The molecule has 6 heteroatoms. The van der Waals surface area contributed by atoms with Crippen molar-refractivity contribution >= 4 is 45.6 Å². The Morgan fingerprint density at radius 2 is 1.96 bits per heavy atom. The van der Waals surface area contributed by atoms with Gasteiger partial charge in [-0.2, -0.15) is 0 Å². The van der Waals surface area contributed by atoms with E-state index in [2.05, 4.69) is 4.98 Å². The summed E-state index contributed by atoms with van der Waals surface area (Å²) in [5, 5.41) is 10.8. The molecule has 4 nitrogen and oxygen atoms in total. The van der Waals surface area contributed by atoms with Gasteiger partial charge in [0.25, 0.3) is 0 Å². The fourth-order valence-electron chi connectivity index (χ4n) is 2.78. The first-order valence-corrected chi connectivity index (χ1v) is 9.00. The van der Waals surface area contributed by atoms with Crippen LogP contribution in [-0.2, 0) is 11.4 Å². The maximum atomic E-state index is 10.9. The molecule has 138 valence electrons. The molecule has 0 unspecified atom stereocenters. The minimum absolute atomic E-state index is 0.139. The summed E-state index contributed by atoms with van der Waals surface area (Å²) in [4.78, 5) is 15.5. The molecule has 0 radical (unpaired) electrons. The lowest BCUT2D eigenvalue weighted by Crippen LogP contribution is -2.01. The number of rotatable bonds is 5. The quantitative estimate of drug-likeness (QED) is 0.539. The molecule has 0 amide bonds. The number of para-hydroxylation sites is 1. The molecule has 0 saturated carbocycles. The van der Waals surface area contributed by atoms with Crippen LogP contribution in [0.4, 0.5) is 0 Å². The minimum Gasteiger partial charge on any atom is -0.487 e. The van der Waals surface area contributed by atoms with E-state index in [0.29, 0.717) is 32.5 Å². The summed E-state index contributed by atoms with van der Waals surface area (Å²) in [6.07, 6.45) is 1.11. The zero-order valence-corrected chi connectivity index (χ0v) is 16.3. The molecular weight excluding hydrogens is 385 g/mol. The third kappa shape index (κ3) is 4.24. The lowest BCUT2D eigenvalue weighted by molar-refractivity contribution is -0.131. The number of carboxylic acid groups (broad SMARTS) is 1. The van der Waals surface area contributed by atoms with Crippen molar-refractivity contribution in [1.82, 2.24) is 4.98 Å². The van der Waals surface area contributed by atoms with E-state index < -0.39 is 5.97 Å². The number of aromatic nitrogens is 1. The molecule has 0 aliphatic carbocycles. The maximum absolute atomic E-state index is 10.9. The number of ether oxygens (including phenoxy) is 1. The first kappa shape index (κ1) is 19.2. The van der Waals surface area contributed by atoms with Gasteiger partial charge in [0, 0.05) is 27.7 Å². The number of pyridine rings is 1. The van der Waals surface area contributed by atoms with Gasteiger partial charge in [-0.25, -0.2) is 9.78 Å². The number of hydrogen-bond donors (Lipinski definition) is 1. The number of aryl methyl sites for hydroxylation is 1. The lowest BCUT2D eigenvalue weighted by Gasteiger charge is -2.14. The highest BCUT2D eigenvalue weighted by Gasteiger charge is 2.14. The standard InChI is InChI=1S/C21H17Cl2NO3/c1-12(10-19(25)26)15-8-9-17(22)16(20(15)23)11-27-18-5-3-4-14-7-6-13(2)24-21(14)18/h3-10H,11H2,1-2H3,(H,25,26)/b12-10+. The van der Waals surface area contributed by atoms with Crippen LogP contribution in [-0.4, -0.2) is 16.1 Å². The molecule has 1 aromatic heterocycles. The fraction of sp³-hybridized carbons (Fsp3) is 0.143. The Hall–Kier alpha value is -2.56. The number of benzene rings is 2. The molecule has 0 aliphatic heterocycles. The van der Waals surface area contributed by atoms with Crippen molar-refractivity contribution in [2.75, 3.05) is 0 Å². The van der Waals surface area contributed by atoms with E-state index >= 15 is 0 Å². The predicted molar refractivity (Wildman–Crippen MR) is 109 cm³/mol. The number of hydrogen-bond acceptors (Lipinski definition) is 3. The monoisotopic (exact) mass is 401 g/mol. The Labute approximate surface area is 167 Å². The van der Waals surface area contributed by atoms with E-state index in [1.165, 1.54) is 0 Å². The SMILES string of the molecule is C/C(=C\C(=O)O)c1ccc(Cl)c(COc2cccc3ccc(C)nc23)c1Cl. The number of carbonyl (C=O) groups is 1. The van der Waals surface area contributed by atoms with Gasteiger partial charge in [-0.1, -0.05) is 47.5 Å². The Kier molecular flexibility index (Phi) is 5.68. The summed E-state index contributed by atoms with van der Waals surface area (Å²) in [5.74, 6) is -0.403.